The molecule has 4 rings (SSSR count). The third-order valence-electron chi connectivity index (χ3n) is 6.08. The minimum absolute atomic E-state index is 0.0515. The van der Waals surface area contributed by atoms with Crippen LogP contribution >= 0.6 is 0 Å². The van der Waals surface area contributed by atoms with E-state index < -0.39 is 12.7 Å². The van der Waals surface area contributed by atoms with Gasteiger partial charge in [-0.05, 0) is 43.5 Å². The van der Waals surface area contributed by atoms with Gasteiger partial charge < -0.3 is 25.7 Å². The van der Waals surface area contributed by atoms with E-state index in [0.29, 0.717) is 55.2 Å². The molecule has 9 nitrogen and oxygen atoms in total. The fraction of sp³-hybridized carbons (Fsp3) is 0.360. The molecule has 0 radical (unpaired) electrons. The Morgan fingerprint density at radius 2 is 2.20 bits per heavy atom. The zero-order valence-corrected chi connectivity index (χ0v) is 19.8. The number of alkyl halides is 1. The number of hydrogen-bond acceptors (Lipinski definition) is 5. The minimum Gasteiger partial charge on any atom is -0.497 e. The molecule has 2 aromatic carbocycles. The van der Waals surface area contributed by atoms with Crippen LogP contribution in [-0.2, 0) is 13.1 Å². The van der Waals surface area contributed by atoms with E-state index in [1.165, 1.54) is 0 Å². The SMILES string of the molecule is CCn1c(C(CCCN=C(N)CF)NC(=O)c2cccc3c2C(=O)NC3)nc2cc(OC)ccc21. The number of aromatic nitrogens is 2. The molecule has 0 fully saturated rings. The van der Waals surface area contributed by atoms with Crippen molar-refractivity contribution in [3.63, 3.8) is 0 Å². The number of benzene rings is 2. The number of amides is 2. The third-order valence-corrected chi connectivity index (χ3v) is 6.08. The Morgan fingerprint density at radius 1 is 1.37 bits per heavy atom. The number of carbonyl (C=O) groups excluding carboxylic acids is 2. The zero-order chi connectivity index (χ0) is 24.9. The monoisotopic (exact) mass is 480 g/mol. The Hall–Kier alpha value is -3.95. The Labute approximate surface area is 202 Å². The summed E-state index contributed by atoms with van der Waals surface area (Å²) in [5, 5.41) is 5.84. The number of nitrogens with two attached hydrogens (primary N) is 1. The first-order valence-electron chi connectivity index (χ1n) is 11.6. The average Bonchev–Trinajstić information content (AvgIpc) is 3.45. The molecule has 2 amide bonds. The maximum Gasteiger partial charge on any atom is 0.252 e. The normalized spacial score (nSPS) is 14.0. The summed E-state index contributed by atoms with van der Waals surface area (Å²) in [6, 6.07) is 10.4. The number of carbonyl (C=O) groups is 2. The van der Waals surface area contributed by atoms with Crippen molar-refractivity contribution in [3.8, 4) is 5.75 Å². The minimum atomic E-state index is -0.797. The summed E-state index contributed by atoms with van der Waals surface area (Å²) in [4.78, 5) is 34.6. The second-order valence-electron chi connectivity index (χ2n) is 8.27. The first-order valence-corrected chi connectivity index (χ1v) is 11.6. The summed E-state index contributed by atoms with van der Waals surface area (Å²) < 4.78 is 20.0. The molecule has 1 aromatic heterocycles. The summed E-state index contributed by atoms with van der Waals surface area (Å²) >= 11 is 0. The molecule has 0 saturated carbocycles. The van der Waals surface area contributed by atoms with Crippen LogP contribution < -0.4 is 21.1 Å². The summed E-state index contributed by atoms with van der Waals surface area (Å²) in [5.41, 5.74) is 8.67. The highest BCUT2D eigenvalue weighted by Gasteiger charge is 2.28. The number of amidine groups is 1. The van der Waals surface area contributed by atoms with Crippen LogP contribution in [0.1, 0.15) is 57.9 Å². The lowest BCUT2D eigenvalue weighted by atomic mass is 10.0. The van der Waals surface area contributed by atoms with Gasteiger partial charge in [-0.1, -0.05) is 12.1 Å². The fourth-order valence-electron chi connectivity index (χ4n) is 4.38. The number of nitrogens with one attached hydrogen (secondary N) is 2. The van der Waals surface area contributed by atoms with Crippen LogP contribution in [0.3, 0.4) is 0 Å². The van der Waals surface area contributed by atoms with Crippen LogP contribution in [0.2, 0.25) is 0 Å². The highest BCUT2D eigenvalue weighted by Crippen LogP contribution is 2.28. The van der Waals surface area contributed by atoms with Crippen LogP contribution in [0.15, 0.2) is 41.4 Å². The Balaban J connectivity index is 1.68. The smallest absolute Gasteiger partial charge is 0.252 e. The maximum atomic E-state index is 13.4. The summed E-state index contributed by atoms with van der Waals surface area (Å²) in [7, 11) is 1.60. The second-order valence-corrected chi connectivity index (χ2v) is 8.27. The summed E-state index contributed by atoms with van der Waals surface area (Å²) in [6.07, 6.45) is 1.05. The highest BCUT2D eigenvalue weighted by molar-refractivity contribution is 6.09. The van der Waals surface area contributed by atoms with Crippen LogP contribution in [0.4, 0.5) is 4.39 Å². The molecule has 3 aromatic rings. The molecule has 1 aliphatic heterocycles. The van der Waals surface area contributed by atoms with Crippen molar-refractivity contribution in [3.05, 3.63) is 58.9 Å². The molecule has 10 heteroatoms. The highest BCUT2D eigenvalue weighted by atomic mass is 19.1. The van der Waals surface area contributed by atoms with E-state index in [0.717, 1.165) is 16.6 Å². The number of ether oxygens (including phenoxy) is 1. The number of nitrogens with zero attached hydrogens (tertiary/aromatic N) is 3. The van der Waals surface area contributed by atoms with Gasteiger partial charge in [-0.15, -0.1) is 0 Å². The predicted octanol–water partition coefficient (Wildman–Crippen LogP) is 2.89. The molecule has 0 saturated heterocycles. The Morgan fingerprint density at radius 3 is 2.94 bits per heavy atom. The van der Waals surface area contributed by atoms with Gasteiger partial charge in [0, 0.05) is 25.7 Å². The van der Waals surface area contributed by atoms with E-state index in [2.05, 4.69) is 15.6 Å². The van der Waals surface area contributed by atoms with Crippen molar-refractivity contribution in [2.24, 2.45) is 10.7 Å². The molecule has 1 unspecified atom stereocenters. The van der Waals surface area contributed by atoms with Crippen molar-refractivity contribution >= 4 is 28.7 Å². The van der Waals surface area contributed by atoms with Crippen molar-refractivity contribution in [1.82, 2.24) is 20.2 Å². The van der Waals surface area contributed by atoms with E-state index in [-0.39, 0.29) is 17.6 Å². The largest absolute Gasteiger partial charge is 0.497 e. The van der Waals surface area contributed by atoms with Crippen LogP contribution in [0.5, 0.6) is 5.75 Å². The molecule has 184 valence electrons. The number of rotatable bonds is 10. The van der Waals surface area contributed by atoms with Crippen molar-refractivity contribution < 1.29 is 18.7 Å². The van der Waals surface area contributed by atoms with Gasteiger partial charge in [0.25, 0.3) is 11.8 Å². The average molecular weight is 481 g/mol. The number of imidazole rings is 1. The van der Waals surface area contributed by atoms with Crippen molar-refractivity contribution in [1.29, 1.82) is 0 Å². The van der Waals surface area contributed by atoms with Gasteiger partial charge in [0.1, 0.15) is 24.1 Å². The quantitative estimate of drug-likeness (QED) is 0.234. The zero-order valence-electron chi connectivity index (χ0n) is 19.8. The van der Waals surface area contributed by atoms with E-state index >= 15 is 0 Å². The first-order chi connectivity index (χ1) is 17.0. The molecule has 1 aliphatic rings. The predicted molar refractivity (Wildman–Crippen MR) is 131 cm³/mol. The first kappa shape index (κ1) is 24.2. The van der Waals surface area contributed by atoms with Gasteiger partial charge in [0.2, 0.25) is 0 Å². The van der Waals surface area contributed by atoms with E-state index in [1.807, 2.05) is 35.8 Å². The molecule has 0 spiro atoms. The Kier molecular flexibility index (Phi) is 7.28. The number of halogens is 1. The van der Waals surface area contributed by atoms with Crippen LogP contribution in [0, 0.1) is 0 Å². The lowest BCUT2D eigenvalue weighted by Gasteiger charge is -2.20. The molecule has 0 bridgehead atoms. The van der Waals surface area contributed by atoms with Gasteiger partial charge in [0.05, 0.1) is 35.3 Å². The summed E-state index contributed by atoms with van der Waals surface area (Å²) in [5.74, 6) is 0.703. The number of methoxy groups -OCH3 is 1. The van der Waals surface area contributed by atoms with Gasteiger partial charge in [-0.2, -0.15) is 0 Å². The number of hydrogen-bond donors (Lipinski definition) is 3. The van der Waals surface area contributed by atoms with Gasteiger partial charge in [-0.3, -0.25) is 14.6 Å². The van der Waals surface area contributed by atoms with E-state index in [9.17, 15) is 14.0 Å². The number of fused-ring (bicyclic) bond motifs is 2. The summed E-state index contributed by atoms with van der Waals surface area (Å²) in [6.45, 7) is 2.58. The molecular formula is C25H29FN6O3. The molecular weight excluding hydrogens is 451 g/mol. The fourth-order valence-corrected chi connectivity index (χ4v) is 4.38. The number of aryl methyl sites for hydroxylation is 1. The van der Waals surface area contributed by atoms with E-state index in [4.69, 9.17) is 15.5 Å². The molecule has 1 atom stereocenters. The topological polar surface area (TPSA) is 124 Å². The third kappa shape index (κ3) is 4.96. The van der Waals surface area contributed by atoms with Gasteiger partial charge >= 0.3 is 0 Å². The second kappa shape index (κ2) is 10.5. The molecule has 35 heavy (non-hydrogen) atoms. The molecule has 0 aliphatic carbocycles. The van der Waals surface area contributed by atoms with Crippen LogP contribution in [-0.4, -0.2) is 47.5 Å². The van der Waals surface area contributed by atoms with Crippen LogP contribution in [0.25, 0.3) is 11.0 Å². The van der Waals surface area contributed by atoms with E-state index in [1.54, 1.807) is 19.2 Å². The lowest BCUT2D eigenvalue weighted by molar-refractivity contribution is 0.0912. The van der Waals surface area contributed by atoms with Gasteiger partial charge in [-0.25, -0.2) is 9.37 Å². The van der Waals surface area contributed by atoms with Crippen molar-refractivity contribution in [2.45, 2.75) is 38.9 Å². The molecule has 2 heterocycles. The standard InChI is InChI=1S/C25H29FN6O3/c1-3-32-20-10-9-16(35-2)12-19(20)30-23(32)18(8-5-11-28-21(27)13-26)31-24(33)17-7-4-6-15-14-29-25(34)22(15)17/h4,6-7,9-10,12,18H,3,5,8,11,13-14H2,1-2H3,(H2,27,28)(H,29,34)(H,31,33). The Bertz CT molecular complexity index is 1290. The lowest BCUT2D eigenvalue weighted by Crippen LogP contribution is -2.32. The molecule has 4 N–H and O–H groups in total. The van der Waals surface area contributed by atoms with Gasteiger partial charge in [0.15, 0.2) is 0 Å². The maximum absolute atomic E-state index is 13.4. The van der Waals surface area contributed by atoms with Crippen molar-refractivity contribution in [2.75, 3.05) is 20.3 Å². The number of aliphatic imine (C=N–C) groups is 1.